The van der Waals surface area contributed by atoms with Crippen LogP contribution in [0.1, 0.15) is 12.0 Å². The Bertz CT molecular complexity index is 371. The van der Waals surface area contributed by atoms with Crippen molar-refractivity contribution in [3.63, 3.8) is 0 Å². The van der Waals surface area contributed by atoms with Crippen molar-refractivity contribution in [2.45, 2.75) is 12.0 Å². The van der Waals surface area contributed by atoms with Crippen molar-refractivity contribution in [1.29, 1.82) is 0 Å². The van der Waals surface area contributed by atoms with Gasteiger partial charge in [-0.15, -0.1) is 0 Å². The summed E-state index contributed by atoms with van der Waals surface area (Å²) in [7, 11) is 0. The van der Waals surface area contributed by atoms with Gasteiger partial charge in [0.25, 0.3) is 0 Å². The van der Waals surface area contributed by atoms with Crippen molar-refractivity contribution in [3.8, 4) is 0 Å². The molecule has 0 radical (unpaired) electrons. The van der Waals surface area contributed by atoms with Gasteiger partial charge in [-0.3, -0.25) is 0 Å². The van der Waals surface area contributed by atoms with Crippen LogP contribution in [0.3, 0.4) is 0 Å². The van der Waals surface area contributed by atoms with Gasteiger partial charge in [0.2, 0.25) is 0 Å². The molecule has 0 heterocycles. The Hall–Kier alpha value is -1.77. The highest BCUT2D eigenvalue weighted by atomic mass is 16.3. The van der Waals surface area contributed by atoms with E-state index in [2.05, 4.69) is 16.6 Å². The molecule has 78 valence electrons. The summed E-state index contributed by atoms with van der Waals surface area (Å²) >= 11 is 0. The van der Waals surface area contributed by atoms with Gasteiger partial charge in [-0.1, -0.05) is 48.1 Å². The first-order valence-electron chi connectivity index (χ1n) is 4.65. The average molecular weight is 203 g/mol. The second-order valence-electron chi connectivity index (χ2n) is 3.20. The zero-order chi connectivity index (χ0) is 11.1. The van der Waals surface area contributed by atoms with Crippen LogP contribution in [0.25, 0.3) is 10.4 Å². The molecular weight excluding hydrogens is 190 g/mol. The van der Waals surface area contributed by atoms with Gasteiger partial charge in [-0.2, -0.15) is 0 Å². The second kappa shape index (κ2) is 5.20. The fraction of sp³-hybridized carbons (Fsp3) is 0.273. The Balaban J connectivity index is 2.85. The molecule has 4 nitrogen and oxygen atoms in total. The summed E-state index contributed by atoms with van der Waals surface area (Å²) in [4.78, 5) is 2.65. The summed E-state index contributed by atoms with van der Waals surface area (Å²) in [5.41, 5.74) is 7.80. The minimum atomic E-state index is -1.12. The van der Waals surface area contributed by atoms with Gasteiger partial charge in [0.1, 0.15) is 5.60 Å². The summed E-state index contributed by atoms with van der Waals surface area (Å²) < 4.78 is 0. The quantitative estimate of drug-likeness (QED) is 0.340. The lowest BCUT2D eigenvalue weighted by molar-refractivity contribution is 0.0827. The van der Waals surface area contributed by atoms with Gasteiger partial charge in [0, 0.05) is 11.5 Å². The molecule has 0 aliphatic heterocycles. The lowest BCUT2D eigenvalue weighted by atomic mass is 9.91. The molecule has 0 aliphatic carbocycles. The minimum absolute atomic E-state index is 0.244. The Kier molecular flexibility index (Phi) is 3.92. The third-order valence-corrected chi connectivity index (χ3v) is 2.27. The van der Waals surface area contributed by atoms with E-state index in [0.717, 1.165) is 5.56 Å². The van der Waals surface area contributed by atoms with E-state index >= 15 is 0 Å². The first-order chi connectivity index (χ1) is 7.23. The molecule has 15 heavy (non-hydrogen) atoms. The molecule has 1 aromatic rings. The fourth-order valence-corrected chi connectivity index (χ4v) is 1.36. The van der Waals surface area contributed by atoms with Crippen LogP contribution in [-0.2, 0) is 5.60 Å². The number of benzene rings is 1. The maximum atomic E-state index is 10.2. The van der Waals surface area contributed by atoms with Crippen molar-refractivity contribution >= 4 is 0 Å². The lowest BCUT2D eigenvalue weighted by Gasteiger charge is -2.23. The Morgan fingerprint density at radius 2 is 2.13 bits per heavy atom. The average Bonchev–Trinajstić information content (AvgIpc) is 2.30. The number of hydrogen-bond acceptors (Lipinski definition) is 2. The highest BCUT2D eigenvalue weighted by molar-refractivity contribution is 5.26. The molecule has 1 unspecified atom stereocenters. The summed E-state index contributed by atoms with van der Waals surface area (Å²) in [6.45, 7) is 3.85. The zero-order valence-corrected chi connectivity index (χ0v) is 8.37. The van der Waals surface area contributed by atoms with Crippen LogP contribution < -0.4 is 0 Å². The van der Waals surface area contributed by atoms with E-state index in [0.29, 0.717) is 6.42 Å². The molecule has 0 bridgehead atoms. The molecule has 0 saturated carbocycles. The van der Waals surface area contributed by atoms with Gasteiger partial charge in [0.15, 0.2) is 0 Å². The molecule has 4 heteroatoms. The fourth-order valence-electron chi connectivity index (χ4n) is 1.36. The number of rotatable bonds is 5. The SMILES string of the molecule is C=CC(O)(CCN=[N+]=[N-])c1ccccc1. The summed E-state index contributed by atoms with van der Waals surface area (Å²) in [5.74, 6) is 0. The van der Waals surface area contributed by atoms with Gasteiger partial charge < -0.3 is 5.11 Å². The molecule has 0 aromatic heterocycles. The Morgan fingerprint density at radius 3 is 2.67 bits per heavy atom. The van der Waals surface area contributed by atoms with Crippen LogP contribution in [0, 0.1) is 0 Å². The minimum Gasteiger partial charge on any atom is -0.381 e. The number of azide groups is 1. The lowest BCUT2D eigenvalue weighted by Crippen LogP contribution is -2.23. The highest BCUT2D eigenvalue weighted by Crippen LogP contribution is 2.25. The molecule has 0 aliphatic rings. The van der Waals surface area contributed by atoms with E-state index in [1.54, 1.807) is 0 Å². The predicted octanol–water partition coefficient (Wildman–Crippen LogP) is 2.76. The Morgan fingerprint density at radius 1 is 1.47 bits per heavy atom. The standard InChI is InChI=1S/C11H13N3O/c1-2-11(15,8-9-13-14-12)10-6-4-3-5-7-10/h2-7,15H,1,8-9H2. The number of nitrogens with zero attached hydrogens (tertiary/aromatic N) is 3. The van der Waals surface area contributed by atoms with E-state index in [1.165, 1.54) is 6.08 Å². The van der Waals surface area contributed by atoms with Crippen molar-refractivity contribution in [1.82, 2.24) is 0 Å². The molecule has 1 rings (SSSR count). The molecule has 0 amide bonds. The van der Waals surface area contributed by atoms with Crippen LogP contribution in [0.4, 0.5) is 0 Å². The van der Waals surface area contributed by atoms with Crippen LogP contribution in [0.5, 0.6) is 0 Å². The highest BCUT2D eigenvalue weighted by Gasteiger charge is 2.23. The van der Waals surface area contributed by atoms with E-state index in [9.17, 15) is 5.11 Å². The third kappa shape index (κ3) is 2.84. The smallest absolute Gasteiger partial charge is 0.108 e. The normalized spacial score (nSPS) is 13.7. The molecular formula is C11H13N3O. The number of hydrogen-bond donors (Lipinski definition) is 1. The number of aliphatic hydroxyl groups is 1. The van der Waals surface area contributed by atoms with Crippen LogP contribution in [-0.4, -0.2) is 11.7 Å². The van der Waals surface area contributed by atoms with Crippen molar-refractivity contribution in [2.24, 2.45) is 5.11 Å². The Labute approximate surface area is 88.5 Å². The summed E-state index contributed by atoms with van der Waals surface area (Å²) in [5, 5.41) is 13.6. The van der Waals surface area contributed by atoms with Gasteiger partial charge in [-0.05, 0) is 17.5 Å². The van der Waals surface area contributed by atoms with Crippen molar-refractivity contribution in [3.05, 3.63) is 59.0 Å². The predicted molar refractivity (Wildman–Crippen MR) is 59.2 cm³/mol. The van der Waals surface area contributed by atoms with Gasteiger partial charge in [-0.25, -0.2) is 0 Å². The van der Waals surface area contributed by atoms with E-state index < -0.39 is 5.60 Å². The van der Waals surface area contributed by atoms with Crippen LogP contribution in [0.15, 0.2) is 48.1 Å². The summed E-state index contributed by atoms with van der Waals surface area (Å²) in [6, 6.07) is 9.20. The molecule has 1 aromatic carbocycles. The van der Waals surface area contributed by atoms with E-state index in [4.69, 9.17) is 5.53 Å². The molecule has 0 spiro atoms. The third-order valence-electron chi connectivity index (χ3n) is 2.27. The molecule has 0 fully saturated rings. The van der Waals surface area contributed by atoms with Crippen LogP contribution in [0.2, 0.25) is 0 Å². The maximum absolute atomic E-state index is 10.2. The van der Waals surface area contributed by atoms with Crippen molar-refractivity contribution < 1.29 is 5.11 Å². The van der Waals surface area contributed by atoms with Crippen molar-refractivity contribution in [2.75, 3.05) is 6.54 Å². The molecule has 1 N–H and O–H groups in total. The van der Waals surface area contributed by atoms with Gasteiger partial charge in [0.05, 0.1) is 0 Å². The summed E-state index contributed by atoms with van der Waals surface area (Å²) in [6.07, 6.45) is 1.81. The van der Waals surface area contributed by atoms with Gasteiger partial charge >= 0.3 is 0 Å². The molecule has 1 atom stereocenters. The largest absolute Gasteiger partial charge is 0.381 e. The first-order valence-corrected chi connectivity index (χ1v) is 4.65. The first kappa shape index (κ1) is 11.3. The topological polar surface area (TPSA) is 69.0 Å². The van der Waals surface area contributed by atoms with Crippen LogP contribution >= 0.6 is 0 Å². The second-order valence-corrected chi connectivity index (χ2v) is 3.20. The zero-order valence-electron chi connectivity index (χ0n) is 8.37. The van der Waals surface area contributed by atoms with E-state index in [1.807, 2.05) is 30.3 Å². The van der Waals surface area contributed by atoms with E-state index in [-0.39, 0.29) is 6.54 Å². The monoisotopic (exact) mass is 203 g/mol. The molecule has 0 saturated heterocycles. The maximum Gasteiger partial charge on any atom is 0.108 e.